The van der Waals surface area contributed by atoms with Crippen LogP contribution in [0.4, 0.5) is 0 Å². The Morgan fingerprint density at radius 3 is 2.88 bits per heavy atom. The minimum Gasteiger partial charge on any atom is -0.286 e. The first-order valence-corrected chi connectivity index (χ1v) is 6.13. The van der Waals surface area contributed by atoms with Crippen LogP contribution in [0.1, 0.15) is 0 Å². The fraction of sp³-hybridized carbons (Fsp3) is 0.167. The van der Waals surface area contributed by atoms with Crippen molar-refractivity contribution < 1.29 is 0 Å². The van der Waals surface area contributed by atoms with Gasteiger partial charge >= 0.3 is 5.69 Å². The summed E-state index contributed by atoms with van der Waals surface area (Å²) in [6, 6.07) is 11.8. The first kappa shape index (κ1) is 9.66. The zero-order chi connectivity index (χ0) is 11.0. The molecule has 3 nitrogen and oxygen atoms in total. The normalized spacial score (nSPS) is 13.8. The number of hydrogen-bond acceptors (Lipinski definition) is 3. The number of nitrogens with zero attached hydrogens (tertiary/aromatic N) is 2. The van der Waals surface area contributed by atoms with E-state index in [1.54, 1.807) is 16.3 Å². The first-order valence-electron chi connectivity index (χ1n) is 5.15. The van der Waals surface area contributed by atoms with E-state index >= 15 is 0 Å². The Hall–Kier alpha value is -1.55. The van der Waals surface area contributed by atoms with Crippen molar-refractivity contribution in [3.63, 3.8) is 0 Å². The van der Waals surface area contributed by atoms with E-state index in [1.807, 2.05) is 36.4 Å². The third kappa shape index (κ3) is 1.55. The zero-order valence-electron chi connectivity index (χ0n) is 8.59. The van der Waals surface area contributed by atoms with Crippen LogP contribution >= 0.6 is 11.8 Å². The Bertz CT molecular complexity index is 577. The minimum atomic E-state index is -0.138. The van der Waals surface area contributed by atoms with Crippen LogP contribution in [0.15, 0.2) is 46.2 Å². The lowest BCUT2D eigenvalue weighted by Gasteiger charge is -2.04. The van der Waals surface area contributed by atoms with Gasteiger partial charge in [-0.05, 0) is 6.07 Å². The van der Waals surface area contributed by atoms with Gasteiger partial charge in [0.25, 0.3) is 0 Å². The Morgan fingerprint density at radius 2 is 2.06 bits per heavy atom. The summed E-state index contributed by atoms with van der Waals surface area (Å²) in [6.07, 6.45) is 0. The van der Waals surface area contributed by atoms with Crippen molar-refractivity contribution in [2.75, 3.05) is 5.75 Å². The average Bonchev–Trinajstić information content (AvgIpc) is 2.79. The van der Waals surface area contributed by atoms with Gasteiger partial charge in [0.1, 0.15) is 0 Å². The first-order chi connectivity index (χ1) is 7.84. The Morgan fingerprint density at radius 1 is 1.25 bits per heavy atom. The van der Waals surface area contributed by atoms with Crippen LogP contribution in [0.3, 0.4) is 0 Å². The molecule has 0 bridgehead atoms. The quantitative estimate of drug-likeness (QED) is 0.703. The maximum Gasteiger partial charge on any atom is 0.349 e. The van der Waals surface area contributed by atoms with Gasteiger partial charge in [-0.2, -0.15) is 4.98 Å². The predicted octanol–water partition coefficient (Wildman–Crippen LogP) is 2.02. The number of benzene rings is 1. The van der Waals surface area contributed by atoms with E-state index in [-0.39, 0.29) is 5.69 Å². The number of fused-ring (bicyclic) bond motifs is 1. The van der Waals surface area contributed by atoms with Gasteiger partial charge in [-0.3, -0.25) is 4.57 Å². The van der Waals surface area contributed by atoms with E-state index in [1.165, 1.54) is 0 Å². The van der Waals surface area contributed by atoms with E-state index in [4.69, 9.17) is 0 Å². The van der Waals surface area contributed by atoms with Crippen molar-refractivity contribution in [2.45, 2.75) is 11.6 Å². The van der Waals surface area contributed by atoms with Gasteiger partial charge in [-0.25, -0.2) is 4.79 Å². The maximum atomic E-state index is 11.7. The van der Waals surface area contributed by atoms with Gasteiger partial charge in [-0.15, -0.1) is 11.8 Å². The second kappa shape index (κ2) is 3.79. The molecule has 0 unspecified atom stereocenters. The van der Waals surface area contributed by atoms with E-state index in [0.717, 1.165) is 28.6 Å². The largest absolute Gasteiger partial charge is 0.349 e. The van der Waals surface area contributed by atoms with Gasteiger partial charge in [0.05, 0.1) is 10.7 Å². The van der Waals surface area contributed by atoms with Gasteiger partial charge in [0.15, 0.2) is 0 Å². The molecule has 2 heterocycles. The summed E-state index contributed by atoms with van der Waals surface area (Å²) in [5.41, 5.74) is 1.63. The third-order valence-electron chi connectivity index (χ3n) is 2.61. The summed E-state index contributed by atoms with van der Waals surface area (Å²) in [7, 11) is 0. The van der Waals surface area contributed by atoms with Crippen molar-refractivity contribution in [3.05, 3.63) is 46.9 Å². The van der Waals surface area contributed by atoms with E-state index in [0.29, 0.717) is 0 Å². The monoisotopic (exact) mass is 230 g/mol. The molecule has 1 aliphatic heterocycles. The standard InChI is InChI=1S/C12H10N2OS/c15-12-13-10(9-4-2-1-3-5-9)8-11-14(12)6-7-16-11/h1-5,8H,6-7H2. The molecule has 0 N–H and O–H groups in total. The molecule has 3 rings (SSSR count). The van der Waals surface area contributed by atoms with Crippen molar-refractivity contribution in [1.82, 2.24) is 9.55 Å². The number of thioether (sulfide) groups is 1. The molecule has 0 atom stereocenters. The highest BCUT2D eigenvalue weighted by Crippen LogP contribution is 2.26. The molecule has 16 heavy (non-hydrogen) atoms. The molecule has 0 fully saturated rings. The van der Waals surface area contributed by atoms with Gasteiger partial charge in [0.2, 0.25) is 0 Å². The molecule has 0 saturated carbocycles. The Balaban J connectivity index is 2.17. The third-order valence-corrected chi connectivity index (χ3v) is 3.63. The highest BCUT2D eigenvalue weighted by molar-refractivity contribution is 7.99. The molecule has 0 radical (unpaired) electrons. The van der Waals surface area contributed by atoms with Gasteiger partial charge < -0.3 is 0 Å². The van der Waals surface area contributed by atoms with E-state index in [2.05, 4.69) is 4.98 Å². The summed E-state index contributed by atoms with van der Waals surface area (Å²) in [6.45, 7) is 0.779. The summed E-state index contributed by atoms with van der Waals surface area (Å²) in [4.78, 5) is 15.9. The van der Waals surface area contributed by atoms with Crippen LogP contribution in [0, 0.1) is 0 Å². The van der Waals surface area contributed by atoms with Crippen molar-refractivity contribution >= 4 is 11.8 Å². The van der Waals surface area contributed by atoms with Crippen molar-refractivity contribution in [1.29, 1.82) is 0 Å². The second-order valence-corrected chi connectivity index (χ2v) is 4.74. The lowest BCUT2D eigenvalue weighted by molar-refractivity contribution is 0.667. The SMILES string of the molecule is O=c1nc(-c2ccccc2)cc2n1CCS2. The van der Waals surface area contributed by atoms with Crippen LogP contribution in [0.5, 0.6) is 0 Å². The van der Waals surface area contributed by atoms with Crippen molar-refractivity contribution in [3.8, 4) is 11.3 Å². The zero-order valence-corrected chi connectivity index (χ0v) is 9.41. The lowest BCUT2D eigenvalue weighted by atomic mass is 10.1. The molecule has 0 saturated heterocycles. The fourth-order valence-corrected chi connectivity index (χ4v) is 2.81. The number of rotatable bonds is 1. The number of hydrogen-bond donors (Lipinski definition) is 0. The molecule has 0 aliphatic carbocycles. The molecule has 2 aromatic rings. The predicted molar refractivity (Wildman–Crippen MR) is 64.7 cm³/mol. The van der Waals surface area contributed by atoms with E-state index < -0.39 is 0 Å². The van der Waals surface area contributed by atoms with Gasteiger partial charge in [-0.1, -0.05) is 30.3 Å². The average molecular weight is 230 g/mol. The summed E-state index contributed by atoms with van der Waals surface area (Å²) >= 11 is 1.71. The topological polar surface area (TPSA) is 34.9 Å². The lowest BCUT2D eigenvalue weighted by Crippen LogP contribution is -2.22. The van der Waals surface area contributed by atoms with Crippen molar-refractivity contribution in [2.24, 2.45) is 0 Å². The summed E-state index contributed by atoms with van der Waals surface area (Å²) in [5.74, 6) is 0.967. The molecule has 0 spiro atoms. The molecule has 4 heteroatoms. The highest BCUT2D eigenvalue weighted by Gasteiger charge is 2.14. The molecule has 1 aromatic heterocycles. The Labute approximate surface area is 97.1 Å². The van der Waals surface area contributed by atoms with Crippen LogP contribution in [0.25, 0.3) is 11.3 Å². The van der Waals surface area contributed by atoms with Crippen LogP contribution in [0.2, 0.25) is 0 Å². The molecule has 1 aliphatic rings. The van der Waals surface area contributed by atoms with Crippen LogP contribution in [-0.2, 0) is 6.54 Å². The van der Waals surface area contributed by atoms with Gasteiger partial charge in [0, 0.05) is 17.9 Å². The Kier molecular flexibility index (Phi) is 2.29. The summed E-state index contributed by atoms with van der Waals surface area (Å²) in [5, 5.41) is 1.03. The smallest absolute Gasteiger partial charge is 0.286 e. The summed E-state index contributed by atoms with van der Waals surface area (Å²) < 4.78 is 1.73. The fourth-order valence-electron chi connectivity index (χ4n) is 1.81. The maximum absolute atomic E-state index is 11.7. The van der Waals surface area contributed by atoms with Crippen LogP contribution in [-0.4, -0.2) is 15.3 Å². The highest BCUT2D eigenvalue weighted by atomic mass is 32.2. The van der Waals surface area contributed by atoms with Crippen LogP contribution < -0.4 is 5.69 Å². The molecular formula is C12H10N2OS. The molecule has 1 aromatic carbocycles. The second-order valence-electron chi connectivity index (χ2n) is 3.63. The molecular weight excluding hydrogens is 220 g/mol. The number of aromatic nitrogens is 2. The molecule has 0 amide bonds. The molecule has 80 valence electrons. The minimum absolute atomic E-state index is 0.138. The van der Waals surface area contributed by atoms with E-state index in [9.17, 15) is 4.79 Å².